The monoisotopic (exact) mass is 1190 g/mol. The van der Waals surface area contributed by atoms with Crippen molar-refractivity contribution in [3.63, 3.8) is 0 Å². The molecule has 0 bridgehead atoms. The minimum Gasteiger partial charge on any atom is -0.481 e. The Morgan fingerprint density at radius 3 is 1.41 bits per heavy atom. The molecule has 2 heterocycles. The largest absolute Gasteiger partial charge is 0.481 e. The number of hydrogen-bond acceptors (Lipinski definition) is 8. The summed E-state index contributed by atoms with van der Waals surface area (Å²) in [5.74, 6) is 0.261. The van der Waals surface area contributed by atoms with Gasteiger partial charge in [0.25, 0.3) is 0 Å². The first-order valence-corrected chi connectivity index (χ1v) is 29.5. The van der Waals surface area contributed by atoms with Crippen LogP contribution in [-0.2, 0) is 11.2 Å². The fraction of sp³-hybridized carbons (Fsp3) is 0.286. The van der Waals surface area contributed by atoms with Crippen molar-refractivity contribution in [1.82, 2.24) is 19.8 Å². The predicted octanol–water partition coefficient (Wildman–Crippen LogP) is 16.8. The van der Waals surface area contributed by atoms with Crippen LogP contribution in [0.4, 0.5) is 0 Å². The predicted molar refractivity (Wildman–Crippen MR) is 340 cm³/mol. The van der Waals surface area contributed by atoms with Crippen LogP contribution < -0.4 is 9.47 Å². The van der Waals surface area contributed by atoms with Gasteiger partial charge < -0.3 is 29.5 Å². The number of methoxy groups -OCH3 is 2. The number of aliphatic hydroxyl groups is 2. The number of ether oxygens (including phenoxy) is 2. The smallest absolute Gasteiger partial charge is 0.217 e. The number of fused-ring (bicyclic) bond motifs is 4. The van der Waals surface area contributed by atoms with Crippen molar-refractivity contribution in [2.45, 2.75) is 75.4 Å². The van der Waals surface area contributed by atoms with Crippen LogP contribution in [0, 0.1) is 0 Å². The third-order valence-corrected chi connectivity index (χ3v) is 16.1. The standard InChI is InChI=1S/2C34H35BrN2O2.C2H6/c1-37(2)21-10-9-20-34(38,30-17-11-15-24-12-7-8-16-28(24)30)32(25-13-5-4-6-14-25)29-23-26-22-27(35)18-19-31(26)36-33(29)39-3;1-37(2)20-10-9-19-34(38,28-16-15-24-11-7-8-14-26(24)21-28)32(25-12-5-4-6-13-25)30-23-27-22-29(35)17-18-31(27)36-33(30)39-3;1-2/h4-8,11-19,22-23,32,38H,9-10,20-21H2,1-3H3;4-8,11-18,21-23,32,38H,9-10,19-20H2,1-3H3;1-2H3. The third-order valence-electron chi connectivity index (χ3n) is 15.1. The Labute approximate surface area is 490 Å². The fourth-order valence-electron chi connectivity index (χ4n) is 11.3. The van der Waals surface area contributed by atoms with E-state index in [0.29, 0.717) is 24.6 Å². The van der Waals surface area contributed by atoms with Gasteiger partial charge in [-0.1, -0.05) is 185 Å². The van der Waals surface area contributed by atoms with Crippen molar-refractivity contribution < 1.29 is 19.7 Å². The number of rotatable bonds is 20. The Balaban J connectivity index is 0.000000204. The van der Waals surface area contributed by atoms with E-state index in [4.69, 9.17) is 19.4 Å². The lowest BCUT2D eigenvalue weighted by atomic mass is 9.70. The van der Waals surface area contributed by atoms with Gasteiger partial charge in [0.15, 0.2) is 0 Å². The van der Waals surface area contributed by atoms with Crippen molar-refractivity contribution in [2.24, 2.45) is 0 Å². The van der Waals surface area contributed by atoms with Crippen LogP contribution in [0.2, 0.25) is 0 Å². The first kappa shape index (κ1) is 59.6. The molecular weight excluding hydrogens is 1120 g/mol. The molecule has 2 N–H and O–H groups in total. The maximum atomic E-state index is 13.2. The van der Waals surface area contributed by atoms with Crippen molar-refractivity contribution in [3.8, 4) is 11.8 Å². The van der Waals surface area contributed by atoms with Crippen molar-refractivity contribution >= 4 is 75.2 Å². The minimum atomic E-state index is -1.22. The van der Waals surface area contributed by atoms with Crippen LogP contribution in [0.15, 0.2) is 203 Å². The van der Waals surface area contributed by atoms with Gasteiger partial charge in [0.05, 0.1) is 25.3 Å². The first-order chi connectivity index (χ1) is 38.8. The molecular formula is C70H76Br2N4O4. The molecule has 0 amide bonds. The fourth-order valence-corrected chi connectivity index (χ4v) is 12.1. The quantitative estimate of drug-likeness (QED) is 0.0730. The lowest BCUT2D eigenvalue weighted by Gasteiger charge is -2.39. The molecule has 414 valence electrons. The zero-order valence-corrected chi connectivity index (χ0v) is 50.7. The second-order valence-corrected chi connectivity index (χ2v) is 22.8. The Kier molecular flexibility index (Phi) is 20.7. The Morgan fingerprint density at radius 2 is 0.900 bits per heavy atom. The van der Waals surface area contributed by atoms with Gasteiger partial charge in [-0.3, -0.25) is 0 Å². The number of benzene rings is 8. The average molecular weight is 1200 g/mol. The maximum absolute atomic E-state index is 13.2. The van der Waals surface area contributed by atoms with E-state index >= 15 is 0 Å². The van der Waals surface area contributed by atoms with Gasteiger partial charge in [-0.15, -0.1) is 0 Å². The molecule has 0 saturated carbocycles. The number of pyridine rings is 2. The summed E-state index contributed by atoms with van der Waals surface area (Å²) >= 11 is 7.23. The third kappa shape index (κ3) is 13.8. The normalized spacial score (nSPS) is 13.7. The lowest BCUT2D eigenvalue weighted by molar-refractivity contribution is 0.00683. The summed E-state index contributed by atoms with van der Waals surface area (Å²) in [6, 6.07) is 66.2. The van der Waals surface area contributed by atoms with E-state index in [9.17, 15) is 10.2 Å². The second-order valence-electron chi connectivity index (χ2n) is 21.0. The van der Waals surface area contributed by atoms with Crippen molar-refractivity contribution in [2.75, 3.05) is 55.5 Å². The molecule has 10 rings (SSSR count). The first-order valence-electron chi connectivity index (χ1n) is 27.9. The molecule has 10 aromatic rings. The molecule has 80 heavy (non-hydrogen) atoms. The molecule has 0 aliphatic carbocycles. The van der Waals surface area contributed by atoms with E-state index in [2.05, 4.69) is 179 Å². The highest BCUT2D eigenvalue weighted by Gasteiger charge is 2.44. The van der Waals surface area contributed by atoms with Gasteiger partial charge in [-0.05, 0) is 178 Å². The zero-order valence-electron chi connectivity index (χ0n) is 47.5. The molecule has 10 heteroatoms. The number of aromatic nitrogens is 2. The highest BCUT2D eigenvalue weighted by atomic mass is 79.9. The summed E-state index contributed by atoms with van der Waals surface area (Å²) in [4.78, 5) is 14.2. The summed E-state index contributed by atoms with van der Waals surface area (Å²) in [6.07, 6.45) is 4.91. The molecule has 0 aliphatic rings. The van der Waals surface area contributed by atoms with E-state index in [1.807, 2.05) is 98.8 Å². The number of hydrogen-bond donors (Lipinski definition) is 2. The van der Waals surface area contributed by atoms with E-state index in [0.717, 1.165) is 124 Å². The molecule has 0 fully saturated rings. The molecule has 4 unspecified atom stereocenters. The van der Waals surface area contributed by atoms with Crippen LogP contribution in [0.1, 0.15) is 97.6 Å². The summed E-state index contributed by atoms with van der Waals surface area (Å²) < 4.78 is 13.8. The lowest BCUT2D eigenvalue weighted by Crippen LogP contribution is -2.35. The van der Waals surface area contributed by atoms with Crippen molar-refractivity contribution in [3.05, 3.63) is 236 Å². The van der Waals surface area contributed by atoms with E-state index in [1.54, 1.807) is 14.2 Å². The molecule has 2 aromatic heterocycles. The van der Waals surface area contributed by atoms with E-state index in [1.165, 1.54) is 0 Å². The SMILES string of the molecule is CC.COc1nc2ccc(Br)cc2cc1C(c1ccccc1)C(O)(CCCCN(C)C)c1ccc2ccccc2c1.COc1nc2ccc(Br)cc2cc1C(c1ccccc1)C(O)(CCCCN(C)C)c1cccc2ccccc12. The Bertz CT molecular complexity index is 3610. The Hall–Kier alpha value is -6.50. The summed E-state index contributed by atoms with van der Waals surface area (Å²) in [7, 11) is 11.7. The number of halogens is 2. The van der Waals surface area contributed by atoms with Crippen LogP contribution >= 0.6 is 31.9 Å². The number of unbranched alkanes of at least 4 members (excludes halogenated alkanes) is 2. The van der Waals surface area contributed by atoms with Gasteiger partial charge in [-0.25, -0.2) is 9.97 Å². The van der Waals surface area contributed by atoms with E-state index in [-0.39, 0.29) is 0 Å². The molecule has 0 aliphatic heterocycles. The minimum absolute atomic E-state index is 0.398. The number of nitrogens with zero attached hydrogens (tertiary/aromatic N) is 4. The van der Waals surface area contributed by atoms with E-state index < -0.39 is 23.0 Å². The zero-order chi connectivity index (χ0) is 56.8. The molecule has 8 nitrogen and oxygen atoms in total. The summed E-state index contributed by atoms with van der Waals surface area (Å²) in [5.41, 5.74) is 4.90. The Morgan fingerprint density at radius 1 is 0.450 bits per heavy atom. The maximum Gasteiger partial charge on any atom is 0.217 e. The molecule has 0 radical (unpaired) electrons. The second kappa shape index (κ2) is 27.8. The molecule has 0 saturated heterocycles. The molecule has 0 spiro atoms. The average Bonchev–Trinajstić information content (AvgIpc) is 3.49. The summed E-state index contributed by atoms with van der Waals surface area (Å²) in [6.45, 7) is 5.94. The van der Waals surface area contributed by atoms with Gasteiger partial charge in [-0.2, -0.15) is 0 Å². The van der Waals surface area contributed by atoms with Crippen LogP contribution in [0.3, 0.4) is 0 Å². The topological polar surface area (TPSA) is 91.2 Å². The molecule has 8 aromatic carbocycles. The van der Waals surface area contributed by atoms with Crippen LogP contribution in [-0.4, -0.2) is 85.5 Å². The summed E-state index contributed by atoms with van der Waals surface area (Å²) in [5, 5.41) is 32.6. The van der Waals surface area contributed by atoms with Gasteiger partial charge in [0.2, 0.25) is 11.8 Å². The highest BCUT2D eigenvalue weighted by molar-refractivity contribution is 9.10. The molecule has 4 atom stereocenters. The van der Waals surface area contributed by atoms with Crippen molar-refractivity contribution in [1.29, 1.82) is 0 Å². The van der Waals surface area contributed by atoms with Crippen LogP contribution in [0.5, 0.6) is 11.8 Å². The van der Waals surface area contributed by atoms with Gasteiger partial charge in [0, 0.05) is 42.7 Å². The van der Waals surface area contributed by atoms with Gasteiger partial charge >= 0.3 is 0 Å². The van der Waals surface area contributed by atoms with Gasteiger partial charge in [0.1, 0.15) is 11.2 Å². The van der Waals surface area contributed by atoms with Crippen LogP contribution in [0.25, 0.3) is 43.4 Å². The highest BCUT2D eigenvalue weighted by Crippen LogP contribution is 2.51.